The molecule has 1 saturated carbocycles. The van der Waals surface area contributed by atoms with Gasteiger partial charge in [-0.25, -0.2) is 0 Å². The van der Waals surface area contributed by atoms with Crippen molar-refractivity contribution in [1.29, 1.82) is 0 Å². The highest BCUT2D eigenvalue weighted by atomic mass is 16.5. The molecule has 3 amide bonds. The van der Waals surface area contributed by atoms with E-state index < -0.39 is 29.6 Å². The van der Waals surface area contributed by atoms with Gasteiger partial charge in [-0.05, 0) is 55.4 Å². The van der Waals surface area contributed by atoms with Gasteiger partial charge in [-0.15, -0.1) is 0 Å². The van der Waals surface area contributed by atoms with Gasteiger partial charge in [0.15, 0.2) is 0 Å². The van der Waals surface area contributed by atoms with Crippen molar-refractivity contribution in [3.63, 3.8) is 0 Å². The molecule has 2 N–H and O–H groups in total. The summed E-state index contributed by atoms with van der Waals surface area (Å²) < 4.78 is 6.49. The van der Waals surface area contributed by atoms with Crippen LogP contribution in [0.3, 0.4) is 0 Å². The summed E-state index contributed by atoms with van der Waals surface area (Å²) in [5.74, 6) is -1.67. The summed E-state index contributed by atoms with van der Waals surface area (Å²) in [6, 6.07) is 16.8. The number of amides is 3. The molecule has 7 atom stereocenters. The number of nitrogens with one attached hydrogen (secondary N) is 2. The minimum absolute atomic E-state index is 0.0794. The zero-order valence-electron chi connectivity index (χ0n) is 22.6. The van der Waals surface area contributed by atoms with Crippen LogP contribution < -0.4 is 10.6 Å². The summed E-state index contributed by atoms with van der Waals surface area (Å²) in [6.45, 7) is 4.53. The number of anilines is 1. The monoisotopic (exact) mass is 527 g/mol. The van der Waals surface area contributed by atoms with Gasteiger partial charge in [0, 0.05) is 18.3 Å². The van der Waals surface area contributed by atoms with E-state index in [1.165, 1.54) is 6.42 Å². The maximum absolute atomic E-state index is 14.1. The van der Waals surface area contributed by atoms with Crippen LogP contribution in [0.4, 0.5) is 5.69 Å². The second-order valence-corrected chi connectivity index (χ2v) is 11.7. The van der Waals surface area contributed by atoms with Crippen LogP contribution in [0.2, 0.25) is 0 Å². The Balaban J connectivity index is 1.30. The van der Waals surface area contributed by atoms with Crippen LogP contribution in [0, 0.1) is 24.7 Å². The quantitative estimate of drug-likeness (QED) is 0.533. The van der Waals surface area contributed by atoms with Crippen molar-refractivity contribution in [2.24, 2.45) is 17.8 Å². The van der Waals surface area contributed by atoms with Crippen LogP contribution in [-0.2, 0) is 25.5 Å². The summed E-state index contributed by atoms with van der Waals surface area (Å²) in [6.07, 6.45) is 8.12. The predicted molar refractivity (Wildman–Crippen MR) is 149 cm³/mol. The van der Waals surface area contributed by atoms with Crippen LogP contribution in [0.1, 0.15) is 43.7 Å². The second kappa shape index (κ2) is 10.3. The maximum atomic E-state index is 14.1. The highest BCUT2D eigenvalue weighted by Gasteiger charge is 2.72. The number of benzene rings is 2. The Morgan fingerprint density at radius 1 is 1.05 bits per heavy atom. The molecule has 7 nitrogen and oxygen atoms in total. The molecule has 0 aromatic heterocycles. The summed E-state index contributed by atoms with van der Waals surface area (Å²) in [5.41, 5.74) is 1.67. The molecule has 2 aromatic carbocycles. The summed E-state index contributed by atoms with van der Waals surface area (Å²) in [4.78, 5) is 43.5. The van der Waals surface area contributed by atoms with Gasteiger partial charge in [-0.1, -0.05) is 74.4 Å². The molecule has 3 aliphatic heterocycles. The number of fused-ring (bicyclic) bond motifs is 1. The topological polar surface area (TPSA) is 87.7 Å². The van der Waals surface area contributed by atoms with Gasteiger partial charge in [0.05, 0.1) is 17.9 Å². The minimum Gasteiger partial charge on any atom is -0.359 e. The van der Waals surface area contributed by atoms with Crippen molar-refractivity contribution in [2.45, 2.75) is 69.7 Å². The van der Waals surface area contributed by atoms with E-state index >= 15 is 0 Å². The number of rotatable bonds is 7. The average Bonchev–Trinajstić information content (AvgIpc) is 3.56. The molecule has 0 radical (unpaired) electrons. The number of nitrogens with zero attached hydrogens (tertiary/aromatic N) is 1. The van der Waals surface area contributed by atoms with Gasteiger partial charge in [0.2, 0.25) is 17.7 Å². The lowest BCUT2D eigenvalue weighted by atomic mass is 9.74. The number of hydrogen-bond donors (Lipinski definition) is 2. The number of ether oxygens (including phenoxy) is 1. The Hall–Kier alpha value is -3.45. The summed E-state index contributed by atoms with van der Waals surface area (Å²) >= 11 is 0. The maximum Gasteiger partial charge on any atom is 0.246 e. The Bertz CT molecular complexity index is 1290. The van der Waals surface area contributed by atoms with Crippen LogP contribution in [-0.4, -0.2) is 53.0 Å². The second-order valence-electron chi connectivity index (χ2n) is 11.7. The number of hydrogen-bond acceptors (Lipinski definition) is 4. The van der Waals surface area contributed by atoms with E-state index in [0.29, 0.717) is 24.6 Å². The van der Waals surface area contributed by atoms with Crippen molar-refractivity contribution < 1.29 is 19.1 Å². The molecule has 3 heterocycles. The third-order valence-corrected chi connectivity index (χ3v) is 9.13. The summed E-state index contributed by atoms with van der Waals surface area (Å²) in [5, 5.41) is 6.30. The van der Waals surface area contributed by atoms with E-state index in [4.69, 9.17) is 4.74 Å². The fourth-order valence-corrected chi connectivity index (χ4v) is 7.14. The van der Waals surface area contributed by atoms with Crippen molar-refractivity contribution >= 4 is 23.4 Å². The molecule has 204 valence electrons. The molecule has 4 aliphatic rings. The minimum atomic E-state index is -1.14. The van der Waals surface area contributed by atoms with Crippen LogP contribution in [0.25, 0.3) is 0 Å². The first kappa shape index (κ1) is 25.8. The van der Waals surface area contributed by atoms with Crippen molar-refractivity contribution in [2.75, 3.05) is 11.9 Å². The molecule has 7 heteroatoms. The number of carbonyl (C=O) groups is 3. The molecular weight excluding hydrogens is 490 g/mol. The van der Waals surface area contributed by atoms with Crippen molar-refractivity contribution in [1.82, 2.24) is 10.2 Å². The first-order valence-corrected chi connectivity index (χ1v) is 14.3. The van der Waals surface area contributed by atoms with E-state index in [1.54, 1.807) is 4.90 Å². The Kier molecular flexibility index (Phi) is 6.79. The van der Waals surface area contributed by atoms with Crippen LogP contribution >= 0.6 is 0 Å². The zero-order chi connectivity index (χ0) is 27.1. The van der Waals surface area contributed by atoms with E-state index in [2.05, 4.69) is 17.6 Å². The fourth-order valence-electron chi connectivity index (χ4n) is 7.14. The Morgan fingerprint density at radius 2 is 1.85 bits per heavy atom. The van der Waals surface area contributed by atoms with E-state index in [-0.39, 0.29) is 23.8 Å². The first-order chi connectivity index (χ1) is 18.9. The lowest BCUT2D eigenvalue weighted by Crippen LogP contribution is -2.57. The van der Waals surface area contributed by atoms with Gasteiger partial charge in [-0.2, -0.15) is 0 Å². The normalized spacial score (nSPS) is 32.8. The lowest BCUT2D eigenvalue weighted by Gasteiger charge is -2.36. The van der Waals surface area contributed by atoms with Gasteiger partial charge < -0.3 is 20.3 Å². The van der Waals surface area contributed by atoms with Crippen molar-refractivity contribution in [3.8, 4) is 0 Å². The molecule has 2 bridgehead atoms. The fraction of sp³-hybridized carbons (Fsp3) is 0.469. The van der Waals surface area contributed by atoms with E-state index in [0.717, 1.165) is 30.4 Å². The van der Waals surface area contributed by atoms with Gasteiger partial charge in [0.1, 0.15) is 11.6 Å². The summed E-state index contributed by atoms with van der Waals surface area (Å²) in [7, 11) is 0. The zero-order valence-corrected chi connectivity index (χ0v) is 22.6. The van der Waals surface area contributed by atoms with E-state index in [9.17, 15) is 14.4 Å². The third kappa shape index (κ3) is 4.56. The Labute approximate surface area is 230 Å². The molecule has 2 saturated heterocycles. The molecular formula is C32H37N3O4. The smallest absolute Gasteiger partial charge is 0.246 e. The molecule has 39 heavy (non-hydrogen) atoms. The largest absolute Gasteiger partial charge is 0.359 e. The highest BCUT2D eigenvalue weighted by Crippen LogP contribution is 2.55. The molecule has 1 spiro atoms. The number of likely N-dealkylation sites (tertiary alicyclic amines) is 1. The van der Waals surface area contributed by atoms with Crippen LogP contribution in [0.5, 0.6) is 0 Å². The SMILES string of the molecule is Cc1cccc(NC(=O)C2[C@@H]3C=CC4(O3)C(C(=O)NC3CCCCC3C)N(CCc3ccccc3)C(=O)[C@H]24)c1. The number of aryl methyl sites for hydroxylation is 1. The Morgan fingerprint density at radius 3 is 2.62 bits per heavy atom. The molecule has 1 aliphatic carbocycles. The molecule has 3 fully saturated rings. The van der Waals surface area contributed by atoms with Gasteiger partial charge in [0.25, 0.3) is 0 Å². The number of carbonyl (C=O) groups excluding carboxylic acids is 3. The lowest BCUT2D eigenvalue weighted by molar-refractivity contribution is -0.141. The average molecular weight is 528 g/mol. The highest BCUT2D eigenvalue weighted by molar-refractivity contribution is 6.02. The van der Waals surface area contributed by atoms with Crippen molar-refractivity contribution in [3.05, 3.63) is 77.9 Å². The standard InChI is InChI=1S/C32H37N3O4/c1-20-9-8-13-23(19-20)33-29(36)26-25-15-17-32(39-25)27(26)31(38)35(18-16-22-11-4-3-5-12-22)28(32)30(37)34-24-14-7-6-10-21(24)2/h3-5,8-9,11-13,15,17,19,21,24-28H,6-7,10,14,16,18H2,1-2H3,(H,33,36)(H,34,37)/t21?,24?,25-,26?,27-,28?,32?/m0/s1. The van der Waals surface area contributed by atoms with E-state index in [1.807, 2.05) is 73.7 Å². The molecule has 5 unspecified atom stereocenters. The molecule has 6 rings (SSSR count). The predicted octanol–water partition coefficient (Wildman–Crippen LogP) is 4.02. The first-order valence-electron chi connectivity index (χ1n) is 14.3. The van der Waals surface area contributed by atoms with Gasteiger partial charge in [-0.3, -0.25) is 14.4 Å². The third-order valence-electron chi connectivity index (χ3n) is 9.13. The molecule has 2 aromatic rings. The van der Waals surface area contributed by atoms with Gasteiger partial charge >= 0.3 is 0 Å². The van der Waals surface area contributed by atoms with Crippen LogP contribution in [0.15, 0.2) is 66.7 Å².